The van der Waals surface area contributed by atoms with Crippen LogP contribution in [0, 0.1) is 0 Å². The molecule has 0 N–H and O–H groups in total. The largest absolute Gasteiger partial charge is 0.301 e. The molecular formula is C9H21N. The van der Waals surface area contributed by atoms with Gasteiger partial charge in [-0.2, -0.15) is 0 Å². The molecule has 1 atom stereocenters. The molecular weight excluding hydrogens is 122 g/mol. The van der Waals surface area contributed by atoms with Gasteiger partial charge in [0, 0.05) is 6.04 Å². The third-order valence-corrected chi connectivity index (χ3v) is 2.35. The predicted octanol–water partition coefficient (Wildman–Crippen LogP) is 2.52. The van der Waals surface area contributed by atoms with Gasteiger partial charge in [-0.15, -0.1) is 0 Å². The van der Waals surface area contributed by atoms with Gasteiger partial charge < -0.3 is 4.90 Å². The Morgan fingerprint density at radius 2 is 2.10 bits per heavy atom. The van der Waals surface area contributed by atoms with E-state index in [0.717, 1.165) is 6.04 Å². The van der Waals surface area contributed by atoms with E-state index in [1.54, 1.807) is 0 Å². The van der Waals surface area contributed by atoms with Crippen molar-refractivity contribution in [1.82, 2.24) is 4.90 Å². The van der Waals surface area contributed by atoms with Crippen molar-refractivity contribution < 1.29 is 0 Å². The normalized spacial score (nSPS) is 27.6. The predicted molar refractivity (Wildman–Crippen MR) is 47.3 cm³/mol. The zero-order chi connectivity index (χ0) is 6.69. The first kappa shape index (κ1) is 9.96. The Balaban J connectivity index is 0.000000810. The van der Waals surface area contributed by atoms with Crippen LogP contribution in [0.3, 0.4) is 0 Å². The Bertz CT molecular complexity index is 80.8. The smallest absolute Gasteiger partial charge is 0.00668 e. The maximum absolute atomic E-state index is 2.56. The second-order valence-electron chi connectivity index (χ2n) is 2.97. The van der Waals surface area contributed by atoms with Crippen molar-refractivity contribution in [3.8, 4) is 0 Å². The van der Waals surface area contributed by atoms with Crippen LogP contribution >= 0.6 is 0 Å². The molecule has 0 radical (unpaired) electrons. The van der Waals surface area contributed by atoms with Crippen molar-refractivity contribution in [3.63, 3.8) is 0 Å². The zero-order valence-electron chi connectivity index (χ0n) is 6.56. The van der Waals surface area contributed by atoms with E-state index in [1.165, 1.54) is 32.4 Å². The van der Waals surface area contributed by atoms with Gasteiger partial charge in [0.15, 0.2) is 0 Å². The summed E-state index contributed by atoms with van der Waals surface area (Å²) in [6.45, 7) is 7.16. The lowest BCUT2D eigenvalue weighted by molar-refractivity contribution is 0.169. The number of hydrogen-bond acceptors (Lipinski definition) is 1. The topological polar surface area (TPSA) is 3.24 Å². The Morgan fingerprint density at radius 1 is 1.40 bits per heavy atom. The number of nitrogens with zero attached hydrogens (tertiary/aromatic N) is 1. The van der Waals surface area contributed by atoms with E-state index in [2.05, 4.69) is 18.7 Å². The highest BCUT2D eigenvalue weighted by molar-refractivity contribution is 4.70. The molecule has 10 heavy (non-hydrogen) atoms. The fourth-order valence-electron chi connectivity index (χ4n) is 1.63. The molecule has 0 aromatic heterocycles. The second kappa shape index (κ2) is 4.73. The summed E-state index contributed by atoms with van der Waals surface area (Å²) in [5, 5.41) is 0. The first-order valence-corrected chi connectivity index (χ1v) is 4.08. The minimum atomic E-state index is 0. The summed E-state index contributed by atoms with van der Waals surface area (Å²) in [6.07, 6.45) is 4.27. The standard InChI is InChI=1S/C8H17N.CH4/c1-3-9-7-5-4-6-8(9)2;/h8H,3-7H2,1-2H3;1H4. The Hall–Kier alpha value is -0.0400. The van der Waals surface area contributed by atoms with Crippen LogP contribution in [0.25, 0.3) is 0 Å². The number of likely N-dealkylation sites (tertiary alicyclic amines) is 1. The summed E-state index contributed by atoms with van der Waals surface area (Å²) in [5.74, 6) is 0. The molecule has 0 bridgehead atoms. The molecule has 0 aromatic carbocycles. The third-order valence-electron chi connectivity index (χ3n) is 2.35. The van der Waals surface area contributed by atoms with Gasteiger partial charge in [-0.25, -0.2) is 0 Å². The van der Waals surface area contributed by atoms with Crippen molar-refractivity contribution in [3.05, 3.63) is 0 Å². The summed E-state index contributed by atoms with van der Waals surface area (Å²) in [5.41, 5.74) is 0. The lowest BCUT2D eigenvalue weighted by Gasteiger charge is -2.31. The number of piperidine rings is 1. The SMILES string of the molecule is C.CCN1CCCCC1C. The first-order valence-electron chi connectivity index (χ1n) is 4.08. The highest BCUT2D eigenvalue weighted by atomic mass is 15.1. The molecule has 62 valence electrons. The number of hydrogen-bond donors (Lipinski definition) is 0. The monoisotopic (exact) mass is 143 g/mol. The van der Waals surface area contributed by atoms with Crippen LogP contribution in [-0.4, -0.2) is 24.0 Å². The van der Waals surface area contributed by atoms with Gasteiger partial charge in [0.05, 0.1) is 0 Å². The average Bonchev–Trinajstić information content (AvgIpc) is 1.89. The van der Waals surface area contributed by atoms with Crippen LogP contribution in [-0.2, 0) is 0 Å². The van der Waals surface area contributed by atoms with Crippen LogP contribution < -0.4 is 0 Å². The van der Waals surface area contributed by atoms with Gasteiger partial charge in [-0.05, 0) is 32.9 Å². The second-order valence-corrected chi connectivity index (χ2v) is 2.97. The van der Waals surface area contributed by atoms with Crippen molar-refractivity contribution >= 4 is 0 Å². The molecule has 1 heteroatoms. The molecule has 1 rings (SSSR count). The van der Waals surface area contributed by atoms with Gasteiger partial charge in [-0.3, -0.25) is 0 Å². The minimum absolute atomic E-state index is 0. The zero-order valence-corrected chi connectivity index (χ0v) is 6.56. The molecule has 1 aliphatic heterocycles. The summed E-state index contributed by atoms with van der Waals surface area (Å²) < 4.78 is 0. The van der Waals surface area contributed by atoms with Crippen LogP contribution in [0.1, 0.15) is 40.5 Å². The highest BCUT2D eigenvalue weighted by Gasteiger charge is 2.14. The summed E-state index contributed by atoms with van der Waals surface area (Å²) in [6, 6.07) is 0.851. The van der Waals surface area contributed by atoms with Gasteiger partial charge in [0.2, 0.25) is 0 Å². The first-order chi connectivity index (χ1) is 4.34. The van der Waals surface area contributed by atoms with E-state index in [-0.39, 0.29) is 7.43 Å². The van der Waals surface area contributed by atoms with E-state index in [9.17, 15) is 0 Å². The summed E-state index contributed by atoms with van der Waals surface area (Å²) >= 11 is 0. The molecule has 1 nitrogen and oxygen atoms in total. The van der Waals surface area contributed by atoms with E-state index in [0.29, 0.717) is 0 Å². The molecule has 0 aliphatic carbocycles. The van der Waals surface area contributed by atoms with E-state index >= 15 is 0 Å². The number of rotatable bonds is 1. The van der Waals surface area contributed by atoms with Gasteiger partial charge in [0.1, 0.15) is 0 Å². The Morgan fingerprint density at radius 3 is 2.50 bits per heavy atom. The lowest BCUT2D eigenvalue weighted by Crippen LogP contribution is -2.36. The Labute approximate surface area is 65.4 Å². The molecule has 1 fully saturated rings. The maximum Gasteiger partial charge on any atom is 0.00668 e. The molecule has 0 aromatic rings. The minimum Gasteiger partial charge on any atom is -0.301 e. The third kappa shape index (κ3) is 2.30. The molecule has 0 saturated carbocycles. The van der Waals surface area contributed by atoms with Crippen molar-refractivity contribution in [2.75, 3.05) is 13.1 Å². The lowest BCUT2D eigenvalue weighted by atomic mass is 10.0. The maximum atomic E-state index is 2.56. The average molecular weight is 143 g/mol. The molecule has 1 heterocycles. The van der Waals surface area contributed by atoms with Crippen molar-refractivity contribution in [1.29, 1.82) is 0 Å². The highest BCUT2D eigenvalue weighted by Crippen LogP contribution is 2.14. The van der Waals surface area contributed by atoms with E-state index < -0.39 is 0 Å². The van der Waals surface area contributed by atoms with E-state index in [4.69, 9.17) is 0 Å². The summed E-state index contributed by atoms with van der Waals surface area (Å²) in [7, 11) is 0. The summed E-state index contributed by atoms with van der Waals surface area (Å²) in [4.78, 5) is 2.56. The quantitative estimate of drug-likeness (QED) is 0.545. The fourth-order valence-corrected chi connectivity index (χ4v) is 1.63. The molecule has 0 spiro atoms. The molecule has 0 amide bonds. The van der Waals surface area contributed by atoms with Crippen molar-refractivity contribution in [2.24, 2.45) is 0 Å². The van der Waals surface area contributed by atoms with Gasteiger partial charge in [-0.1, -0.05) is 20.8 Å². The molecule has 1 unspecified atom stereocenters. The van der Waals surface area contributed by atoms with Gasteiger partial charge >= 0.3 is 0 Å². The fraction of sp³-hybridized carbons (Fsp3) is 1.00. The van der Waals surface area contributed by atoms with Crippen molar-refractivity contribution in [2.45, 2.75) is 46.6 Å². The van der Waals surface area contributed by atoms with Gasteiger partial charge in [0.25, 0.3) is 0 Å². The van der Waals surface area contributed by atoms with Crippen LogP contribution in [0.2, 0.25) is 0 Å². The van der Waals surface area contributed by atoms with Crippen LogP contribution in [0.15, 0.2) is 0 Å². The van der Waals surface area contributed by atoms with Crippen LogP contribution in [0.4, 0.5) is 0 Å². The van der Waals surface area contributed by atoms with Crippen LogP contribution in [0.5, 0.6) is 0 Å². The Kier molecular flexibility index (Phi) is 4.71. The molecule has 1 saturated heterocycles. The van der Waals surface area contributed by atoms with E-state index in [1.807, 2.05) is 0 Å². The molecule has 1 aliphatic rings.